The van der Waals surface area contributed by atoms with Crippen LogP contribution in [0.4, 0.5) is 11.5 Å². The number of rotatable bonds is 5. The van der Waals surface area contributed by atoms with E-state index in [0.717, 1.165) is 24.1 Å². The minimum Gasteiger partial charge on any atom is -0.391 e. The first-order chi connectivity index (χ1) is 13.1. The summed E-state index contributed by atoms with van der Waals surface area (Å²) in [5, 5.41) is 21.4. The van der Waals surface area contributed by atoms with Crippen molar-refractivity contribution in [2.45, 2.75) is 44.4 Å². The second kappa shape index (κ2) is 7.63. The van der Waals surface area contributed by atoms with Crippen LogP contribution in [-0.4, -0.2) is 37.7 Å². The summed E-state index contributed by atoms with van der Waals surface area (Å²) >= 11 is 1.39. The third-order valence-electron chi connectivity index (χ3n) is 4.83. The lowest BCUT2D eigenvalue weighted by atomic mass is 9.91. The quantitative estimate of drug-likeness (QED) is 0.534. The molecule has 0 aliphatic heterocycles. The monoisotopic (exact) mass is 386 g/mol. The Kier molecular flexibility index (Phi) is 5.06. The molecule has 0 saturated heterocycles. The normalized spacial score (nSPS) is 19.9. The number of hydrogen-bond donors (Lipinski definition) is 4. The number of anilines is 2. The van der Waals surface area contributed by atoms with Crippen molar-refractivity contribution in [1.29, 1.82) is 0 Å². The molecule has 0 radical (unpaired) electrons. The molecule has 0 unspecified atom stereocenters. The van der Waals surface area contributed by atoms with Gasteiger partial charge in [0, 0.05) is 28.5 Å². The van der Waals surface area contributed by atoms with Crippen LogP contribution in [0, 0.1) is 0 Å². The maximum absolute atomic E-state index is 12.6. The minimum atomic E-state index is -0.286. The van der Waals surface area contributed by atoms with E-state index in [-0.39, 0.29) is 24.6 Å². The zero-order valence-electron chi connectivity index (χ0n) is 14.8. The fraction of sp³-hybridized carbons (Fsp3) is 0.389. The van der Waals surface area contributed by atoms with E-state index in [4.69, 9.17) is 10.8 Å². The number of amides is 1. The number of hydrogen-bond acceptors (Lipinski definition) is 7. The molecule has 9 heteroatoms. The van der Waals surface area contributed by atoms with Crippen molar-refractivity contribution in [3.63, 3.8) is 0 Å². The molecule has 0 aromatic carbocycles. The highest BCUT2D eigenvalue weighted by molar-refractivity contribution is 7.10. The Morgan fingerprint density at radius 3 is 3.04 bits per heavy atom. The van der Waals surface area contributed by atoms with Gasteiger partial charge in [0.25, 0.3) is 5.91 Å². The number of thiophene rings is 1. The molecule has 3 heterocycles. The first-order valence-corrected chi connectivity index (χ1v) is 9.88. The topological polar surface area (TPSA) is 118 Å². The third-order valence-corrected chi connectivity index (χ3v) is 5.76. The van der Waals surface area contributed by atoms with Crippen LogP contribution in [0.3, 0.4) is 0 Å². The van der Waals surface area contributed by atoms with Crippen LogP contribution in [0.2, 0.25) is 0 Å². The van der Waals surface area contributed by atoms with Gasteiger partial charge >= 0.3 is 0 Å². The van der Waals surface area contributed by atoms with Gasteiger partial charge in [0.15, 0.2) is 5.65 Å². The molecule has 3 aromatic rings. The maximum atomic E-state index is 12.6. The Morgan fingerprint density at radius 1 is 1.41 bits per heavy atom. The smallest absolute Gasteiger partial charge is 0.261 e. The number of aliphatic hydroxyl groups excluding tert-OH is 1. The van der Waals surface area contributed by atoms with E-state index in [1.54, 1.807) is 22.2 Å². The van der Waals surface area contributed by atoms with Gasteiger partial charge in [-0.25, -0.2) is 9.50 Å². The summed E-state index contributed by atoms with van der Waals surface area (Å²) in [6.07, 6.45) is 7.64. The molecular weight excluding hydrogens is 364 g/mol. The van der Waals surface area contributed by atoms with Gasteiger partial charge in [-0.15, -0.1) is 11.3 Å². The van der Waals surface area contributed by atoms with Gasteiger partial charge in [0.05, 0.1) is 18.5 Å². The van der Waals surface area contributed by atoms with Crippen molar-refractivity contribution in [1.82, 2.24) is 14.6 Å². The van der Waals surface area contributed by atoms with E-state index in [2.05, 4.69) is 20.7 Å². The second-order valence-electron chi connectivity index (χ2n) is 6.75. The number of nitrogens with two attached hydrogens (primary N) is 1. The zero-order chi connectivity index (χ0) is 18.8. The highest BCUT2D eigenvalue weighted by Gasteiger charge is 2.22. The molecule has 4 rings (SSSR count). The highest BCUT2D eigenvalue weighted by Crippen LogP contribution is 2.22. The standard InChI is InChI=1S/C18H22N6O2S/c19-14-3-1-2-4-15(14)22-16-5-6-24-17(23-16)13(8-20-24)18(26)21-11-7-12(9-25)27-10-11/h5-8,10,14-15,25H,1-4,9,19H2,(H,21,26)(H,22,23)/t14-,15+/m0/s1. The molecule has 5 N–H and O–H groups in total. The lowest BCUT2D eigenvalue weighted by Gasteiger charge is -2.29. The van der Waals surface area contributed by atoms with Crippen molar-refractivity contribution in [2.24, 2.45) is 5.73 Å². The molecule has 8 nitrogen and oxygen atoms in total. The summed E-state index contributed by atoms with van der Waals surface area (Å²) in [6, 6.07) is 3.90. The zero-order valence-corrected chi connectivity index (χ0v) is 15.6. The average molecular weight is 386 g/mol. The number of carbonyl (C=O) groups is 1. The summed E-state index contributed by atoms with van der Waals surface area (Å²) in [4.78, 5) is 18.0. The van der Waals surface area contributed by atoms with Crippen molar-refractivity contribution in [2.75, 3.05) is 10.6 Å². The number of aromatic nitrogens is 3. The molecule has 1 aliphatic carbocycles. The van der Waals surface area contributed by atoms with Gasteiger partial charge in [0.2, 0.25) is 0 Å². The first-order valence-electron chi connectivity index (χ1n) is 9.00. The van der Waals surface area contributed by atoms with Gasteiger partial charge in [-0.3, -0.25) is 4.79 Å². The summed E-state index contributed by atoms with van der Waals surface area (Å²) in [5.74, 6) is 0.406. The summed E-state index contributed by atoms with van der Waals surface area (Å²) in [5.41, 5.74) is 7.73. The Balaban J connectivity index is 1.55. The van der Waals surface area contributed by atoms with E-state index in [0.29, 0.717) is 22.7 Å². The van der Waals surface area contributed by atoms with Crippen LogP contribution in [0.15, 0.2) is 29.9 Å². The van der Waals surface area contributed by atoms with E-state index in [9.17, 15) is 4.79 Å². The minimum absolute atomic E-state index is 0.0445. The number of carbonyl (C=O) groups excluding carboxylic acids is 1. The average Bonchev–Trinajstić information content (AvgIpc) is 3.30. The summed E-state index contributed by atoms with van der Waals surface area (Å²) in [7, 11) is 0. The summed E-state index contributed by atoms with van der Waals surface area (Å²) in [6.45, 7) is -0.0445. The van der Waals surface area contributed by atoms with E-state index in [1.165, 1.54) is 24.0 Å². The van der Waals surface area contributed by atoms with E-state index >= 15 is 0 Å². The van der Waals surface area contributed by atoms with E-state index in [1.807, 2.05) is 6.07 Å². The fourth-order valence-corrected chi connectivity index (χ4v) is 4.04. The molecule has 142 valence electrons. The highest BCUT2D eigenvalue weighted by atomic mass is 32.1. The van der Waals surface area contributed by atoms with E-state index < -0.39 is 0 Å². The van der Waals surface area contributed by atoms with Crippen LogP contribution in [0.5, 0.6) is 0 Å². The molecule has 1 fully saturated rings. The molecular formula is C18H22N6O2S. The number of nitrogens with one attached hydrogen (secondary N) is 2. The van der Waals surface area contributed by atoms with Crippen molar-refractivity contribution in [3.8, 4) is 0 Å². The molecule has 3 aromatic heterocycles. The third kappa shape index (κ3) is 3.80. The van der Waals surface area contributed by atoms with Crippen LogP contribution in [0.1, 0.15) is 40.9 Å². The van der Waals surface area contributed by atoms with Crippen LogP contribution in [-0.2, 0) is 6.61 Å². The fourth-order valence-electron chi connectivity index (χ4n) is 3.37. The number of nitrogens with zero attached hydrogens (tertiary/aromatic N) is 3. The predicted molar refractivity (Wildman–Crippen MR) is 105 cm³/mol. The number of fused-ring (bicyclic) bond motifs is 1. The SMILES string of the molecule is N[C@H]1CCCC[C@H]1Nc1ccn2ncc(C(=O)Nc3csc(CO)c3)c2n1. The van der Waals surface area contributed by atoms with Gasteiger partial charge in [-0.1, -0.05) is 12.8 Å². The van der Waals surface area contributed by atoms with Crippen LogP contribution in [0.25, 0.3) is 5.65 Å². The maximum Gasteiger partial charge on any atom is 0.261 e. The Hall–Kier alpha value is -2.49. The Morgan fingerprint density at radius 2 is 2.26 bits per heavy atom. The Bertz CT molecular complexity index is 952. The molecule has 1 saturated carbocycles. The van der Waals surface area contributed by atoms with Gasteiger partial charge in [-0.05, 0) is 25.0 Å². The lowest BCUT2D eigenvalue weighted by molar-refractivity contribution is 0.102. The lowest BCUT2D eigenvalue weighted by Crippen LogP contribution is -2.42. The van der Waals surface area contributed by atoms with Gasteiger partial charge in [0.1, 0.15) is 11.4 Å². The summed E-state index contributed by atoms with van der Waals surface area (Å²) < 4.78 is 1.58. The van der Waals surface area contributed by atoms with Crippen LogP contribution >= 0.6 is 11.3 Å². The van der Waals surface area contributed by atoms with Crippen molar-refractivity contribution >= 4 is 34.4 Å². The Labute approximate surface area is 160 Å². The van der Waals surface area contributed by atoms with Crippen molar-refractivity contribution in [3.05, 3.63) is 40.3 Å². The van der Waals surface area contributed by atoms with Gasteiger partial charge in [-0.2, -0.15) is 5.10 Å². The first kappa shape index (κ1) is 17.9. The van der Waals surface area contributed by atoms with Crippen LogP contribution < -0.4 is 16.4 Å². The second-order valence-corrected chi connectivity index (χ2v) is 7.75. The number of aliphatic hydroxyl groups is 1. The van der Waals surface area contributed by atoms with Gasteiger partial charge < -0.3 is 21.5 Å². The molecule has 27 heavy (non-hydrogen) atoms. The predicted octanol–water partition coefficient (Wildman–Crippen LogP) is 2.22. The molecule has 0 bridgehead atoms. The molecule has 1 aliphatic rings. The molecule has 0 spiro atoms. The van der Waals surface area contributed by atoms with Crippen molar-refractivity contribution < 1.29 is 9.90 Å². The molecule has 1 amide bonds. The largest absolute Gasteiger partial charge is 0.391 e. The molecule has 2 atom stereocenters.